The van der Waals surface area contributed by atoms with Crippen LogP contribution in [-0.4, -0.2) is 46.0 Å². The molecule has 0 spiro atoms. The summed E-state index contributed by atoms with van der Waals surface area (Å²) < 4.78 is 7.40. The SMILES string of the molecule is Cc1ccc(-n2c(Sc3ccccc3[N+](=O)[O-])nnc2N2CCOCC2)cc1. The van der Waals surface area contributed by atoms with Gasteiger partial charge in [-0.05, 0) is 36.9 Å². The van der Waals surface area contributed by atoms with Crippen molar-refractivity contribution in [2.75, 3.05) is 31.2 Å². The number of ether oxygens (including phenoxy) is 1. The van der Waals surface area contributed by atoms with Gasteiger partial charge in [-0.25, -0.2) is 0 Å². The van der Waals surface area contributed by atoms with E-state index < -0.39 is 0 Å². The van der Waals surface area contributed by atoms with E-state index in [2.05, 4.69) is 15.1 Å². The van der Waals surface area contributed by atoms with Gasteiger partial charge in [0.1, 0.15) is 0 Å². The summed E-state index contributed by atoms with van der Waals surface area (Å²) in [6.45, 7) is 4.74. The van der Waals surface area contributed by atoms with Gasteiger partial charge < -0.3 is 9.64 Å². The minimum absolute atomic E-state index is 0.0545. The molecule has 4 rings (SSSR count). The van der Waals surface area contributed by atoms with Gasteiger partial charge in [-0.3, -0.25) is 14.7 Å². The number of aryl methyl sites for hydroxylation is 1. The van der Waals surface area contributed by atoms with E-state index in [1.54, 1.807) is 18.2 Å². The van der Waals surface area contributed by atoms with Crippen LogP contribution in [0, 0.1) is 17.0 Å². The van der Waals surface area contributed by atoms with Crippen molar-refractivity contribution in [3.05, 3.63) is 64.2 Å². The fraction of sp³-hybridized carbons (Fsp3) is 0.263. The van der Waals surface area contributed by atoms with E-state index in [0.29, 0.717) is 29.2 Å². The lowest BCUT2D eigenvalue weighted by Gasteiger charge is -2.27. The van der Waals surface area contributed by atoms with Crippen LogP contribution in [0.3, 0.4) is 0 Å². The molecule has 3 aromatic rings. The first-order chi connectivity index (χ1) is 13.6. The number of rotatable bonds is 5. The van der Waals surface area contributed by atoms with Gasteiger partial charge in [-0.1, -0.05) is 29.8 Å². The summed E-state index contributed by atoms with van der Waals surface area (Å²) in [5, 5.41) is 20.7. The Balaban J connectivity index is 1.78. The zero-order valence-corrected chi connectivity index (χ0v) is 16.1. The van der Waals surface area contributed by atoms with Crippen molar-refractivity contribution in [2.24, 2.45) is 0 Å². The minimum atomic E-state index is -0.377. The molecular formula is C19H19N5O3S. The van der Waals surface area contributed by atoms with Crippen LogP contribution in [0.5, 0.6) is 0 Å². The summed E-state index contributed by atoms with van der Waals surface area (Å²) >= 11 is 1.24. The zero-order chi connectivity index (χ0) is 19.5. The lowest BCUT2D eigenvalue weighted by atomic mass is 10.2. The normalized spacial score (nSPS) is 14.2. The molecule has 8 nitrogen and oxygen atoms in total. The number of nitro groups is 1. The molecule has 1 fully saturated rings. The summed E-state index contributed by atoms with van der Waals surface area (Å²) in [7, 11) is 0. The quantitative estimate of drug-likeness (QED) is 0.481. The molecular weight excluding hydrogens is 378 g/mol. The second-order valence-electron chi connectivity index (χ2n) is 6.38. The molecule has 1 aliphatic rings. The Hall–Kier alpha value is -2.91. The molecule has 0 amide bonds. The summed E-state index contributed by atoms with van der Waals surface area (Å²) in [5.41, 5.74) is 2.12. The van der Waals surface area contributed by atoms with Gasteiger partial charge in [0.15, 0.2) is 0 Å². The van der Waals surface area contributed by atoms with Crippen LogP contribution in [0.1, 0.15) is 5.56 Å². The van der Waals surface area contributed by atoms with Gasteiger partial charge in [0, 0.05) is 19.2 Å². The second-order valence-corrected chi connectivity index (χ2v) is 7.39. The monoisotopic (exact) mass is 397 g/mol. The van der Waals surface area contributed by atoms with Gasteiger partial charge in [-0.15, -0.1) is 10.2 Å². The van der Waals surface area contributed by atoms with Crippen molar-refractivity contribution in [3.63, 3.8) is 0 Å². The van der Waals surface area contributed by atoms with Crippen molar-refractivity contribution in [2.45, 2.75) is 17.0 Å². The molecule has 0 radical (unpaired) electrons. The van der Waals surface area contributed by atoms with Crippen molar-refractivity contribution < 1.29 is 9.66 Å². The van der Waals surface area contributed by atoms with Gasteiger partial charge in [0.2, 0.25) is 11.1 Å². The van der Waals surface area contributed by atoms with Gasteiger partial charge >= 0.3 is 0 Å². The summed E-state index contributed by atoms with van der Waals surface area (Å²) in [5.74, 6) is 0.716. The molecule has 9 heteroatoms. The van der Waals surface area contributed by atoms with Crippen LogP contribution in [0.4, 0.5) is 11.6 Å². The average Bonchev–Trinajstić information content (AvgIpc) is 3.13. The Kier molecular flexibility index (Phi) is 5.27. The molecule has 0 atom stereocenters. The fourth-order valence-corrected chi connectivity index (χ4v) is 3.96. The van der Waals surface area contributed by atoms with Gasteiger partial charge in [0.05, 0.1) is 28.7 Å². The maximum absolute atomic E-state index is 11.4. The predicted octanol–water partition coefficient (Wildman–Crippen LogP) is 3.47. The lowest BCUT2D eigenvalue weighted by molar-refractivity contribution is -0.387. The Labute approximate surface area is 166 Å². The molecule has 0 bridgehead atoms. The number of nitro benzene ring substituents is 1. The number of anilines is 1. The Morgan fingerprint density at radius 3 is 2.50 bits per heavy atom. The molecule has 0 saturated carbocycles. The maximum Gasteiger partial charge on any atom is 0.283 e. The fourth-order valence-electron chi connectivity index (χ4n) is 3.01. The number of nitrogens with zero attached hydrogens (tertiary/aromatic N) is 5. The first-order valence-electron chi connectivity index (χ1n) is 8.90. The molecule has 28 heavy (non-hydrogen) atoms. The largest absolute Gasteiger partial charge is 0.378 e. The first kappa shape index (κ1) is 18.5. The summed E-state index contributed by atoms with van der Waals surface area (Å²) in [6, 6.07) is 14.7. The highest BCUT2D eigenvalue weighted by atomic mass is 32.2. The summed E-state index contributed by atoms with van der Waals surface area (Å²) in [6.07, 6.45) is 0. The van der Waals surface area contributed by atoms with Gasteiger partial charge in [-0.2, -0.15) is 0 Å². The zero-order valence-electron chi connectivity index (χ0n) is 15.3. The molecule has 144 valence electrons. The summed E-state index contributed by atoms with van der Waals surface area (Å²) in [4.78, 5) is 13.7. The number of hydrogen-bond donors (Lipinski definition) is 0. The van der Waals surface area contributed by atoms with Crippen LogP contribution >= 0.6 is 11.8 Å². The smallest absolute Gasteiger partial charge is 0.283 e. The molecule has 0 aliphatic carbocycles. The molecule has 1 saturated heterocycles. The van der Waals surface area contributed by atoms with E-state index in [9.17, 15) is 10.1 Å². The number of para-hydroxylation sites is 1. The number of morpholine rings is 1. The number of hydrogen-bond acceptors (Lipinski definition) is 7. The number of aromatic nitrogens is 3. The highest BCUT2D eigenvalue weighted by molar-refractivity contribution is 7.99. The molecule has 0 unspecified atom stereocenters. The predicted molar refractivity (Wildman–Crippen MR) is 106 cm³/mol. The highest BCUT2D eigenvalue weighted by Gasteiger charge is 2.24. The van der Waals surface area contributed by atoms with Crippen LogP contribution in [0.15, 0.2) is 58.6 Å². The van der Waals surface area contributed by atoms with Crippen molar-refractivity contribution in [3.8, 4) is 5.69 Å². The van der Waals surface area contributed by atoms with E-state index in [1.807, 2.05) is 35.8 Å². The molecule has 0 N–H and O–H groups in total. The van der Waals surface area contributed by atoms with E-state index in [-0.39, 0.29) is 10.6 Å². The third kappa shape index (κ3) is 3.71. The lowest BCUT2D eigenvalue weighted by Crippen LogP contribution is -2.37. The third-order valence-electron chi connectivity index (χ3n) is 4.47. The Morgan fingerprint density at radius 1 is 1.07 bits per heavy atom. The Morgan fingerprint density at radius 2 is 1.79 bits per heavy atom. The third-order valence-corrected chi connectivity index (χ3v) is 5.48. The van der Waals surface area contributed by atoms with Crippen LogP contribution in [0.25, 0.3) is 5.69 Å². The molecule has 2 heterocycles. The van der Waals surface area contributed by atoms with Crippen molar-refractivity contribution >= 4 is 23.4 Å². The number of benzene rings is 2. The van der Waals surface area contributed by atoms with E-state index in [1.165, 1.54) is 17.8 Å². The minimum Gasteiger partial charge on any atom is -0.378 e. The highest BCUT2D eigenvalue weighted by Crippen LogP contribution is 2.36. The molecule has 2 aromatic carbocycles. The van der Waals surface area contributed by atoms with Crippen LogP contribution in [0.2, 0.25) is 0 Å². The van der Waals surface area contributed by atoms with Gasteiger partial charge in [0.25, 0.3) is 5.69 Å². The van der Waals surface area contributed by atoms with Crippen molar-refractivity contribution in [1.29, 1.82) is 0 Å². The Bertz CT molecular complexity index is 983. The topological polar surface area (TPSA) is 86.3 Å². The molecule has 1 aliphatic heterocycles. The second kappa shape index (κ2) is 7.99. The van der Waals surface area contributed by atoms with Crippen molar-refractivity contribution in [1.82, 2.24) is 14.8 Å². The standard InChI is InChI=1S/C19H19N5O3S/c1-14-6-8-15(9-7-14)23-18(22-10-12-27-13-11-22)20-21-19(23)28-17-5-3-2-4-16(17)24(25)26/h2-9H,10-13H2,1H3. The first-order valence-corrected chi connectivity index (χ1v) is 9.71. The van der Waals surface area contributed by atoms with Crippen LogP contribution in [-0.2, 0) is 4.74 Å². The van der Waals surface area contributed by atoms with E-state index in [0.717, 1.165) is 24.3 Å². The molecule has 1 aromatic heterocycles. The maximum atomic E-state index is 11.4. The van der Waals surface area contributed by atoms with Crippen LogP contribution < -0.4 is 4.90 Å². The van der Waals surface area contributed by atoms with E-state index >= 15 is 0 Å². The average molecular weight is 397 g/mol. The van der Waals surface area contributed by atoms with E-state index in [4.69, 9.17) is 4.74 Å².